The molecular formula is C18H23N3O5. The maximum absolute atomic E-state index is 12.6. The Balaban J connectivity index is 2.23. The first-order valence-electron chi connectivity index (χ1n) is 8.38. The molecule has 0 atom stereocenters. The van der Waals surface area contributed by atoms with Crippen molar-refractivity contribution in [1.29, 1.82) is 0 Å². The number of carbonyl (C=O) groups excluding carboxylic acids is 1. The summed E-state index contributed by atoms with van der Waals surface area (Å²) in [5.74, 6) is 0. The number of ether oxygens (including phenoxy) is 1. The van der Waals surface area contributed by atoms with Crippen molar-refractivity contribution in [2.45, 2.75) is 39.8 Å². The van der Waals surface area contributed by atoms with Crippen molar-refractivity contribution in [3.8, 4) is 0 Å². The lowest BCUT2D eigenvalue weighted by molar-refractivity contribution is -0.383. The molecule has 8 heteroatoms. The van der Waals surface area contributed by atoms with Gasteiger partial charge in [0.1, 0.15) is 5.60 Å². The van der Waals surface area contributed by atoms with Gasteiger partial charge in [-0.05, 0) is 39.8 Å². The number of nitro benzene ring substituents is 1. The number of hydrogen-bond acceptors (Lipinski definition) is 5. The number of non-ortho nitro benzene ring substituents is 1. The summed E-state index contributed by atoms with van der Waals surface area (Å²) in [7, 11) is 0. The van der Waals surface area contributed by atoms with Crippen LogP contribution in [0.15, 0.2) is 35.3 Å². The molecular weight excluding hydrogens is 338 g/mol. The van der Waals surface area contributed by atoms with Gasteiger partial charge in [0.2, 0.25) is 0 Å². The highest BCUT2D eigenvalue weighted by Crippen LogP contribution is 2.22. The molecule has 0 fully saturated rings. The van der Waals surface area contributed by atoms with Crippen LogP contribution in [0.25, 0.3) is 10.8 Å². The third-order valence-corrected chi connectivity index (χ3v) is 3.84. The largest absolute Gasteiger partial charge is 0.444 e. The lowest BCUT2D eigenvalue weighted by Crippen LogP contribution is -2.39. The summed E-state index contributed by atoms with van der Waals surface area (Å²) in [5.41, 5.74) is -1.02. The van der Waals surface area contributed by atoms with Crippen LogP contribution in [0.4, 0.5) is 10.5 Å². The van der Waals surface area contributed by atoms with Crippen LogP contribution in [0.1, 0.15) is 27.7 Å². The molecule has 0 radical (unpaired) electrons. The quantitative estimate of drug-likeness (QED) is 0.602. The summed E-state index contributed by atoms with van der Waals surface area (Å²) in [5, 5.41) is 11.7. The summed E-state index contributed by atoms with van der Waals surface area (Å²) in [6.45, 7) is 8.22. The first-order valence-corrected chi connectivity index (χ1v) is 8.38. The van der Waals surface area contributed by atoms with E-state index in [1.54, 1.807) is 32.9 Å². The molecule has 8 nitrogen and oxygen atoms in total. The predicted octanol–water partition coefficient (Wildman–Crippen LogP) is 3.17. The van der Waals surface area contributed by atoms with E-state index in [0.29, 0.717) is 18.5 Å². The molecule has 0 unspecified atom stereocenters. The smallest absolute Gasteiger partial charge is 0.410 e. The van der Waals surface area contributed by atoms with Crippen LogP contribution in [0, 0.1) is 10.1 Å². The molecule has 1 aromatic heterocycles. The molecule has 0 aliphatic heterocycles. The number of likely N-dealkylation sites (N-methyl/N-ethyl adjacent to an activating group) is 1. The van der Waals surface area contributed by atoms with E-state index >= 15 is 0 Å². The zero-order valence-corrected chi connectivity index (χ0v) is 15.4. The minimum absolute atomic E-state index is 0.101. The fraction of sp³-hybridized carbons (Fsp3) is 0.444. The van der Waals surface area contributed by atoms with Gasteiger partial charge < -0.3 is 14.2 Å². The first kappa shape index (κ1) is 19.4. The highest BCUT2D eigenvalue weighted by molar-refractivity contribution is 5.89. The van der Waals surface area contributed by atoms with Crippen LogP contribution < -0.4 is 5.56 Å². The van der Waals surface area contributed by atoms with Gasteiger partial charge in [-0.15, -0.1) is 0 Å². The molecule has 0 saturated carbocycles. The molecule has 0 aliphatic carbocycles. The number of rotatable bonds is 5. The number of fused-ring (bicyclic) bond motifs is 1. The Morgan fingerprint density at radius 3 is 2.54 bits per heavy atom. The van der Waals surface area contributed by atoms with Gasteiger partial charge in [-0.2, -0.15) is 0 Å². The number of carbonyl (C=O) groups is 1. The molecule has 1 aromatic carbocycles. The maximum atomic E-state index is 12.6. The standard InChI is InChI=1S/C18H23N3O5/c1-5-19(17(23)26-18(2,3)4)11-12-20-10-9-13-14(16(20)22)7-6-8-15(13)21(24)25/h6-10H,5,11-12H2,1-4H3. The summed E-state index contributed by atoms with van der Waals surface area (Å²) < 4.78 is 6.79. The van der Waals surface area contributed by atoms with Gasteiger partial charge in [-0.3, -0.25) is 14.9 Å². The van der Waals surface area contributed by atoms with Gasteiger partial charge in [0, 0.05) is 31.9 Å². The lowest BCUT2D eigenvalue weighted by atomic mass is 10.1. The van der Waals surface area contributed by atoms with Gasteiger partial charge >= 0.3 is 6.09 Å². The molecule has 2 rings (SSSR count). The Morgan fingerprint density at radius 1 is 1.27 bits per heavy atom. The number of amides is 1. The van der Waals surface area contributed by atoms with Gasteiger partial charge in [-0.1, -0.05) is 6.07 Å². The first-order chi connectivity index (χ1) is 12.1. The molecule has 0 aliphatic rings. The average molecular weight is 361 g/mol. The second-order valence-electron chi connectivity index (χ2n) is 6.87. The Bertz CT molecular complexity index is 883. The van der Waals surface area contributed by atoms with Crippen molar-refractivity contribution in [3.63, 3.8) is 0 Å². The second kappa shape index (κ2) is 7.55. The van der Waals surface area contributed by atoms with E-state index in [2.05, 4.69) is 0 Å². The lowest BCUT2D eigenvalue weighted by Gasteiger charge is -2.26. The molecule has 26 heavy (non-hydrogen) atoms. The van der Waals surface area contributed by atoms with E-state index in [0.717, 1.165) is 0 Å². The van der Waals surface area contributed by atoms with E-state index in [-0.39, 0.29) is 23.2 Å². The minimum atomic E-state index is -0.594. The minimum Gasteiger partial charge on any atom is -0.444 e. The summed E-state index contributed by atoms with van der Waals surface area (Å²) >= 11 is 0. The number of nitro groups is 1. The number of nitrogens with zero attached hydrogens (tertiary/aromatic N) is 3. The molecule has 1 amide bonds. The fourth-order valence-electron chi connectivity index (χ4n) is 2.57. The van der Waals surface area contributed by atoms with Crippen molar-refractivity contribution in [1.82, 2.24) is 9.47 Å². The molecule has 0 N–H and O–H groups in total. The Kier molecular flexibility index (Phi) is 5.64. The number of hydrogen-bond donors (Lipinski definition) is 0. The van der Waals surface area contributed by atoms with Gasteiger partial charge in [0.05, 0.1) is 15.7 Å². The van der Waals surface area contributed by atoms with Gasteiger partial charge in [0.25, 0.3) is 11.2 Å². The predicted molar refractivity (Wildman–Crippen MR) is 98.3 cm³/mol. The van der Waals surface area contributed by atoms with E-state index in [1.165, 1.54) is 27.8 Å². The van der Waals surface area contributed by atoms with Crippen molar-refractivity contribution in [3.05, 3.63) is 50.9 Å². The van der Waals surface area contributed by atoms with Crippen LogP contribution in [-0.2, 0) is 11.3 Å². The third-order valence-electron chi connectivity index (χ3n) is 3.84. The van der Waals surface area contributed by atoms with Crippen LogP contribution in [0.3, 0.4) is 0 Å². The summed E-state index contributed by atoms with van der Waals surface area (Å²) in [6, 6.07) is 5.98. The van der Waals surface area contributed by atoms with Crippen molar-refractivity contribution >= 4 is 22.6 Å². The van der Waals surface area contributed by atoms with E-state index in [9.17, 15) is 19.7 Å². The molecule has 2 aromatic rings. The normalized spacial score (nSPS) is 11.4. The van der Waals surface area contributed by atoms with Crippen molar-refractivity contribution in [2.75, 3.05) is 13.1 Å². The molecule has 0 spiro atoms. The third kappa shape index (κ3) is 4.38. The average Bonchev–Trinajstić information content (AvgIpc) is 2.55. The fourth-order valence-corrected chi connectivity index (χ4v) is 2.57. The SMILES string of the molecule is CCN(CCn1ccc2c([N+](=O)[O-])cccc2c1=O)C(=O)OC(C)(C)C. The zero-order valence-electron chi connectivity index (χ0n) is 15.4. The summed E-state index contributed by atoms with van der Waals surface area (Å²) in [4.78, 5) is 36.9. The molecule has 0 saturated heterocycles. The number of aromatic nitrogens is 1. The van der Waals surface area contributed by atoms with Crippen LogP contribution in [-0.4, -0.2) is 39.2 Å². The second-order valence-corrected chi connectivity index (χ2v) is 6.87. The van der Waals surface area contributed by atoms with Crippen LogP contribution >= 0.6 is 0 Å². The van der Waals surface area contributed by atoms with Gasteiger partial charge in [0.15, 0.2) is 0 Å². The molecule has 0 bridgehead atoms. The zero-order chi connectivity index (χ0) is 19.5. The maximum Gasteiger partial charge on any atom is 0.410 e. The Morgan fingerprint density at radius 2 is 1.96 bits per heavy atom. The van der Waals surface area contributed by atoms with E-state index in [1.807, 2.05) is 6.92 Å². The van der Waals surface area contributed by atoms with E-state index < -0.39 is 16.6 Å². The summed E-state index contributed by atoms with van der Waals surface area (Å²) in [6.07, 6.45) is 1.07. The highest BCUT2D eigenvalue weighted by atomic mass is 16.6. The highest BCUT2D eigenvalue weighted by Gasteiger charge is 2.21. The van der Waals surface area contributed by atoms with E-state index in [4.69, 9.17) is 4.74 Å². The van der Waals surface area contributed by atoms with Crippen LogP contribution in [0.5, 0.6) is 0 Å². The Labute approximate surface area is 151 Å². The topological polar surface area (TPSA) is 94.7 Å². The van der Waals surface area contributed by atoms with Crippen molar-refractivity contribution < 1.29 is 14.5 Å². The van der Waals surface area contributed by atoms with Crippen LogP contribution in [0.2, 0.25) is 0 Å². The van der Waals surface area contributed by atoms with Gasteiger partial charge in [-0.25, -0.2) is 4.79 Å². The van der Waals surface area contributed by atoms with Crippen molar-refractivity contribution in [2.24, 2.45) is 0 Å². The number of pyridine rings is 1. The Hall–Kier alpha value is -2.90. The molecule has 1 heterocycles. The molecule has 140 valence electrons. The number of benzene rings is 1. The monoisotopic (exact) mass is 361 g/mol.